The summed E-state index contributed by atoms with van der Waals surface area (Å²) in [6.45, 7) is 0. The number of hydrogen-bond donors (Lipinski definition) is 3. The van der Waals surface area contributed by atoms with Crippen LogP contribution in [0, 0.1) is 16.7 Å². The fourth-order valence-electron chi connectivity index (χ4n) is 2.56. The Morgan fingerprint density at radius 2 is 1.89 bits per heavy atom. The molecule has 0 aliphatic heterocycles. The van der Waals surface area contributed by atoms with Crippen LogP contribution in [0.5, 0.6) is 0 Å². The molecule has 0 aromatic heterocycles. The Kier molecular flexibility index (Phi) is 3.77. The van der Waals surface area contributed by atoms with Crippen molar-refractivity contribution in [2.24, 2.45) is 5.41 Å². The lowest BCUT2D eigenvalue weighted by Crippen LogP contribution is -2.48. The van der Waals surface area contributed by atoms with E-state index >= 15 is 0 Å². The molecule has 0 bridgehead atoms. The van der Waals surface area contributed by atoms with E-state index in [9.17, 15) is 10.4 Å². The van der Waals surface area contributed by atoms with Gasteiger partial charge in [0.1, 0.15) is 5.60 Å². The van der Waals surface area contributed by atoms with Gasteiger partial charge in [0.2, 0.25) is 0 Å². The summed E-state index contributed by atoms with van der Waals surface area (Å²) < 4.78 is 0. The first-order valence-electron chi connectivity index (χ1n) is 6.29. The van der Waals surface area contributed by atoms with Gasteiger partial charge in [0.15, 0.2) is 0 Å². The van der Waals surface area contributed by atoms with Crippen LogP contribution in [0.1, 0.15) is 24.8 Å². The summed E-state index contributed by atoms with van der Waals surface area (Å²) in [5.74, 6) is 1.10. The lowest BCUT2D eigenvalue weighted by molar-refractivity contribution is -0.0612. The Morgan fingerprint density at radius 1 is 1.26 bits per heavy atom. The summed E-state index contributed by atoms with van der Waals surface area (Å²) in [4.78, 5) is 0. The highest BCUT2D eigenvalue weighted by molar-refractivity contribution is 6.47. The quantitative estimate of drug-likeness (QED) is 0.706. The van der Waals surface area contributed by atoms with Gasteiger partial charge in [-0.1, -0.05) is 42.4 Å². The van der Waals surface area contributed by atoms with E-state index in [0.29, 0.717) is 18.4 Å². The van der Waals surface area contributed by atoms with E-state index in [1.54, 1.807) is 24.3 Å². The van der Waals surface area contributed by atoms with Crippen LogP contribution in [0.4, 0.5) is 0 Å². The van der Waals surface area contributed by atoms with Crippen molar-refractivity contribution in [3.63, 3.8) is 0 Å². The molecular formula is C14H16BNO3. The molecule has 19 heavy (non-hydrogen) atoms. The third kappa shape index (κ3) is 2.30. The molecule has 0 amide bonds. The zero-order chi connectivity index (χ0) is 13.9. The summed E-state index contributed by atoms with van der Waals surface area (Å²) in [5, 5.41) is 38.3. The molecule has 1 fully saturated rings. The Balaban J connectivity index is 2.48. The number of rotatable bonds is 4. The smallest absolute Gasteiger partial charge is 0.424 e. The average molecular weight is 257 g/mol. The number of nitrogens with zero attached hydrogens (tertiary/aromatic N) is 1. The van der Waals surface area contributed by atoms with Crippen LogP contribution < -0.4 is 0 Å². The van der Waals surface area contributed by atoms with Crippen LogP contribution in [0.3, 0.4) is 0 Å². The van der Waals surface area contributed by atoms with Crippen LogP contribution in [0.2, 0.25) is 0 Å². The Hall–Kier alpha value is -1.61. The molecular weight excluding hydrogens is 241 g/mol. The van der Waals surface area contributed by atoms with Gasteiger partial charge in [-0.2, -0.15) is 5.26 Å². The molecule has 1 atom stereocenters. The molecule has 5 heteroatoms. The standard InChI is InChI=1S/C14H16BNO3/c16-11-13(7-4-8-13)14(17,9-10-15(18)19)12-5-2-1-3-6-12/h1-3,5-6,9-10,17-19H,4,7-8H2/b10-9+/t14-/m1/s1. The van der Waals surface area contributed by atoms with Crippen molar-refractivity contribution in [3.8, 4) is 6.07 Å². The zero-order valence-electron chi connectivity index (χ0n) is 10.5. The van der Waals surface area contributed by atoms with E-state index in [1.165, 1.54) is 6.08 Å². The van der Waals surface area contributed by atoms with E-state index in [1.807, 2.05) is 6.07 Å². The van der Waals surface area contributed by atoms with Gasteiger partial charge in [-0.25, -0.2) is 0 Å². The van der Waals surface area contributed by atoms with E-state index < -0.39 is 18.1 Å². The largest absolute Gasteiger partial charge is 0.480 e. The van der Waals surface area contributed by atoms with E-state index in [4.69, 9.17) is 10.0 Å². The second kappa shape index (κ2) is 5.18. The lowest BCUT2D eigenvalue weighted by atomic mass is 9.57. The summed E-state index contributed by atoms with van der Waals surface area (Å²) >= 11 is 0. The predicted molar refractivity (Wildman–Crippen MR) is 71.6 cm³/mol. The highest BCUT2D eigenvalue weighted by Gasteiger charge is 2.54. The molecule has 1 aliphatic rings. The summed E-state index contributed by atoms with van der Waals surface area (Å²) in [5.41, 5.74) is -1.79. The molecule has 0 saturated heterocycles. The minimum Gasteiger partial charge on any atom is -0.424 e. The van der Waals surface area contributed by atoms with Gasteiger partial charge in [-0.3, -0.25) is 0 Å². The first-order valence-corrected chi connectivity index (χ1v) is 6.29. The van der Waals surface area contributed by atoms with Crippen molar-refractivity contribution in [1.82, 2.24) is 0 Å². The van der Waals surface area contributed by atoms with Crippen LogP contribution in [-0.2, 0) is 5.60 Å². The predicted octanol–water partition coefficient (Wildman–Crippen LogP) is 1.14. The second-order valence-corrected chi connectivity index (χ2v) is 4.95. The van der Waals surface area contributed by atoms with E-state index in [0.717, 1.165) is 12.4 Å². The summed E-state index contributed by atoms with van der Waals surface area (Å²) in [7, 11) is -1.65. The van der Waals surface area contributed by atoms with Crippen molar-refractivity contribution in [2.45, 2.75) is 24.9 Å². The van der Waals surface area contributed by atoms with Gasteiger partial charge in [-0.15, -0.1) is 0 Å². The minimum atomic E-state index is -1.65. The van der Waals surface area contributed by atoms with E-state index in [2.05, 4.69) is 6.07 Å². The Morgan fingerprint density at radius 3 is 2.32 bits per heavy atom. The fourth-order valence-corrected chi connectivity index (χ4v) is 2.56. The SMILES string of the molecule is N#CC1([C@@](O)(/C=C/B(O)O)c2ccccc2)CCC1. The number of nitriles is 1. The van der Waals surface area contributed by atoms with Crippen molar-refractivity contribution in [1.29, 1.82) is 5.26 Å². The van der Waals surface area contributed by atoms with Crippen molar-refractivity contribution in [3.05, 3.63) is 47.9 Å². The monoisotopic (exact) mass is 257 g/mol. The molecule has 1 aromatic carbocycles. The first-order chi connectivity index (χ1) is 9.04. The lowest BCUT2D eigenvalue weighted by Gasteiger charge is -2.47. The Labute approximate surface area is 112 Å². The van der Waals surface area contributed by atoms with Crippen LogP contribution in [-0.4, -0.2) is 22.3 Å². The third-order valence-electron chi connectivity index (χ3n) is 3.87. The molecule has 0 heterocycles. The van der Waals surface area contributed by atoms with Crippen LogP contribution in [0.15, 0.2) is 42.4 Å². The normalized spacial score (nSPS) is 20.3. The molecule has 2 rings (SSSR count). The first kappa shape index (κ1) is 13.8. The molecule has 0 spiro atoms. The topological polar surface area (TPSA) is 84.5 Å². The van der Waals surface area contributed by atoms with Gasteiger partial charge in [-0.05, 0) is 24.8 Å². The molecule has 0 unspecified atom stereocenters. The van der Waals surface area contributed by atoms with Crippen LogP contribution in [0.25, 0.3) is 0 Å². The number of hydrogen-bond acceptors (Lipinski definition) is 4. The van der Waals surface area contributed by atoms with Crippen LogP contribution >= 0.6 is 0 Å². The molecule has 0 radical (unpaired) electrons. The molecule has 98 valence electrons. The van der Waals surface area contributed by atoms with E-state index in [-0.39, 0.29) is 0 Å². The molecule has 4 nitrogen and oxygen atoms in total. The number of benzene rings is 1. The van der Waals surface area contributed by atoms with Gasteiger partial charge in [0.05, 0.1) is 11.5 Å². The molecule has 1 aromatic rings. The second-order valence-electron chi connectivity index (χ2n) is 4.95. The van der Waals surface area contributed by atoms with Gasteiger partial charge in [0, 0.05) is 0 Å². The highest BCUT2D eigenvalue weighted by Crippen LogP contribution is 2.54. The van der Waals surface area contributed by atoms with Crippen molar-refractivity contribution in [2.75, 3.05) is 0 Å². The van der Waals surface area contributed by atoms with Crippen molar-refractivity contribution < 1.29 is 15.2 Å². The minimum absolute atomic E-state index is 0.591. The Bertz CT molecular complexity index is 505. The fraction of sp³-hybridized carbons (Fsp3) is 0.357. The molecule has 1 aliphatic carbocycles. The maximum Gasteiger partial charge on any atom is 0.480 e. The summed E-state index contributed by atoms with van der Waals surface area (Å²) in [6, 6.07) is 11.1. The molecule has 1 saturated carbocycles. The average Bonchev–Trinajstić information content (AvgIpc) is 2.36. The van der Waals surface area contributed by atoms with Gasteiger partial charge in [0.25, 0.3) is 0 Å². The zero-order valence-corrected chi connectivity index (χ0v) is 10.5. The van der Waals surface area contributed by atoms with Crippen molar-refractivity contribution >= 4 is 7.12 Å². The maximum absolute atomic E-state index is 11.0. The molecule has 3 N–H and O–H groups in total. The third-order valence-corrected chi connectivity index (χ3v) is 3.87. The maximum atomic E-state index is 11.0. The van der Waals surface area contributed by atoms with Gasteiger partial charge >= 0.3 is 7.12 Å². The highest BCUT2D eigenvalue weighted by atomic mass is 16.4. The summed E-state index contributed by atoms with van der Waals surface area (Å²) in [6.07, 6.45) is 3.41. The number of aliphatic hydroxyl groups is 1. The van der Waals surface area contributed by atoms with Gasteiger partial charge < -0.3 is 15.2 Å².